The highest BCUT2D eigenvalue weighted by Crippen LogP contribution is 2.26. The number of carbonyl (C=O) groups is 1. The molecule has 0 unspecified atom stereocenters. The molecule has 0 atom stereocenters. The lowest BCUT2D eigenvalue weighted by molar-refractivity contribution is 0.102. The molecule has 3 rings (SSSR count). The van der Waals surface area contributed by atoms with E-state index in [4.69, 9.17) is 11.6 Å². The first-order valence-corrected chi connectivity index (χ1v) is 8.23. The summed E-state index contributed by atoms with van der Waals surface area (Å²) in [6.45, 7) is 0.226. The molecule has 0 saturated heterocycles. The Morgan fingerprint density at radius 1 is 1.30 bits per heavy atom. The van der Waals surface area contributed by atoms with Crippen LogP contribution in [0.3, 0.4) is 0 Å². The minimum atomic E-state index is -0.313. The second kappa shape index (κ2) is 6.95. The number of aliphatic hydroxyl groups excluding tert-OH is 1. The Bertz CT molecular complexity index is 815. The quantitative estimate of drug-likeness (QED) is 0.742. The van der Waals surface area contributed by atoms with Crippen molar-refractivity contribution in [3.8, 4) is 10.6 Å². The van der Waals surface area contributed by atoms with Crippen molar-refractivity contribution in [3.05, 3.63) is 58.4 Å². The predicted octanol–water partition coefficient (Wildman–Crippen LogP) is 3.51. The first-order valence-electron chi connectivity index (χ1n) is 6.97. The number of halogens is 1. The number of thiophene rings is 1. The minimum absolute atomic E-state index is 0.0689. The number of aromatic nitrogens is 2. The summed E-state index contributed by atoms with van der Waals surface area (Å²) in [6, 6.07) is 12.5. The summed E-state index contributed by atoms with van der Waals surface area (Å²) in [5, 5.41) is 18.8. The predicted molar refractivity (Wildman–Crippen MR) is 92.0 cm³/mol. The van der Waals surface area contributed by atoms with Crippen molar-refractivity contribution in [2.75, 3.05) is 11.9 Å². The van der Waals surface area contributed by atoms with Crippen LogP contribution >= 0.6 is 22.9 Å². The van der Waals surface area contributed by atoms with Crippen LogP contribution in [0, 0.1) is 0 Å². The van der Waals surface area contributed by atoms with E-state index < -0.39 is 0 Å². The first kappa shape index (κ1) is 15.7. The Labute approximate surface area is 142 Å². The van der Waals surface area contributed by atoms with E-state index in [2.05, 4.69) is 10.4 Å². The van der Waals surface area contributed by atoms with Gasteiger partial charge < -0.3 is 10.4 Å². The number of benzene rings is 1. The lowest BCUT2D eigenvalue weighted by Crippen LogP contribution is -2.17. The largest absolute Gasteiger partial charge is 0.394 e. The molecule has 1 amide bonds. The van der Waals surface area contributed by atoms with E-state index in [1.54, 1.807) is 46.4 Å². The van der Waals surface area contributed by atoms with Gasteiger partial charge in [-0.05, 0) is 23.6 Å². The average Bonchev–Trinajstić information content (AvgIpc) is 3.18. The van der Waals surface area contributed by atoms with Crippen LogP contribution in [0.5, 0.6) is 0 Å². The zero-order valence-electron chi connectivity index (χ0n) is 12.1. The summed E-state index contributed by atoms with van der Waals surface area (Å²) < 4.78 is 1.57. The van der Waals surface area contributed by atoms with Gasteiger partial charge in [0.15, 0.2) is 0 Å². The Hall–Kier alpha value is -2.15. The fraction of sp³-hybridized carbons (Fsp3) is 0.125. The number of aliphatic hydroxyl groups is 1. The normalized spacial score (nSPS) is 10.7. The molecule has 2 N–H and O–H groups in total. The number of hydrogen-bond donors (Lipinski definition) is 2. The molecular weight excluding hydrogens is 334 g/mol. The van der Waals surface area contributed by atoms with Gasteiger partial charge in [0.2, 0.25) is 0 Å². The van der Waals surface area contributed by atoms with E-state index in [-0.39, 0.29) is 12.5 Å². The fourth-order valence-corrected chi connectivity index (χ4v) is 3.06. The van der Waals surface area contributed by atoms with E-state index >= 15 is 0 Å². The molecule has 0 saturated carbocycles. The fourth-order valence-electron chi connectivity index (χ4n) is 2.16. The lowest BCUT2D eigenvalue weighted by Gasteiger charge is -2.08. The number of amides is 1. The molecule has 1 aromatic carbocycles. The third-order valence-electron chi connectivity index (χ3n) is 3.23. The zero-order valence-corrected chi connectivity index (χ0v) is 13.6. The summed E-state index contributed by atoms with van der Waals surface area (Å²) in [4.78, 5) is 13.4. The molecule has 0 aliphatic carbocycles. The van der Waals surface area contributed by atoms with Gasteiger partial charge >= 0.3 is 0 Å². The van der Waals surface area contributed by atoms with Gasteiger partial charge in [0.1, 0.15) is 11.5 Å². The van der Waals surface area contributed by atoms with E-state index in [1.807, 2.05) is 17.5 Å². The van der Waals surface area contributed by atoms with Crippen molar-refractivity contribution in [1.29, 1.82) is 0 Å². The van der Waals surface area contributed by atoms with Crippen LogP contribution in [0.2, 0.25) is 5.02 Å². The van der Waals surface area contributed by atoms with Crippen LogP contribution < -0.4 is 5.32 Å². The summed E-state index contributed by atoms with van der Waals surface area (Å²) in [5.41, 5.74) is 1.14. The van der Waals surface area contributed by atoms with E-state index in [1.165, 1.54) is 0 Å². The number of hydrogen-bond acceptors (Lipinski definition) is 4. The van der Waals surface area contributed by atoms with Crippen molar-refractivity contribution in [2.24, 2.45) is 0 Å². The molecule has 7 heteroatoms. The maximum Gasteiger partial charge on any atom is 0.258 e. The molecule has 0 fully saturated rings. The van der Waals surface area contributed by atoms with Gasteiger partial charge in [0.05, 0.1) is 28.6 Å². The second-order valence-electron chi connectivity index (χ2n) is 4.77. The van der Waals surface area contributed by atoms with Crippen LogP contribution in [0.25, 0.3) is 10.6 Å². The first-order chi connectivity index (χ1) is 11.2. The van der Waals surface area contributed by atoms with Gasteiger partial charge in [0, 0.05) is 6.07 Å². The molecule has 0 aliphatic rings. The van der Waals surface area contributed by atoms with Gasteiger partial charge in [-0.3, -0.25) is 4.79 Å². The van der Waals surface area contributed by atoms with Crippen molar-refractivity contribution in [3.63, 3.8) is 0 Å². The third kappa shape index (κ3) is 3.44. The molecule has 3 aromatic rings. The summed E-state index contributed by atoms with van der Waals surface area (Å²) >= 11 is 7.61. The SMILES string of the molecule is O=C(Nc1cc(-c2cccs2)nn1CCO)c1ccccc1Cl. The van der Waals surface area contributed by atoms with Gasteiger partial charge in [-0.1, -0.05) is 29.8 Å². The van der Waals surface area contributed by atoms with Crippen LogP contribution in [-0.4, -0.2) is 27.4 Å². The molecule has 118 valence electrons. The van der Waals surface area contributed by atoms with Crippen LogP contribution in [0.15, 0.2) is 47.8 Å². The molecule has 0 radical (unpaired) electrons. The van der Waals surface area contributed by atoms with E-state index in [0.717, 1.165) is 10.6 Å². The monoisotopic (exact) mass is 347 g/mol. The maximum atomic E-state index is 12.4. The molecule has 0 bridgehead atoms. The molecular formula is C16H14ClN3O2S. The van der Waals surface area contributed by atoms with Crippen molar-refractivity contribution < 1.29 is 9.90 Å². The van der Waals surface area contributed by atoms with Crippen molar-refractivity contribution in [2.45, 2.75) is 6.54 Å². The molecule has 2 heterocycles. The van der Waals surface area contributed by atoms with Gasteiger partial charge in [-0.25, -0.2) is 4.68 Å². The van der Waals surface area contributed by atoms with E-state index in [0.29, 0.717) is 22.9 Å². The zero-order chi connectivity index (χ0) is 16.2. The number of anilines is 1. The minimum Gasteiger partial charge on any atom is -0.394 e. The summed E-state index contributed by atoms with van der Waals surface area (Å²) in [7, 11) is 0. The van der Waals surface area contributed by atoms with Crippen LogP contribution in [-0.2, 0) is 6.54 Å². The second-order valence-corrected chi connectivity index (χ2v) is 6.13. The number of nitrogens with zero attached hydrogens (tertiary/aromatic N) is 2. The molecule has 5 nitrogen and oxygen atoms in total. The summed E-state index contributed by atoms with van der Waals surface area (Å²) in [5.74, 6) is 0.208. The Morgan fingerprint density at radius 2 is 2.13 bits per heavy atom. The summed E-state index contributed by atoms with van der Waals surface area (Å²) in [6.07, 6.45) is 0. The average molecular weight is 348 g/mol. The molecule has 0 aliphatic heterocycles. The standard InChI is InChI=1S/C16H14ClN3O2S/c17-12-5-2-1-4-11(12)16(22)18-15-10-13(14-6-3-9-23-14)19-20(15)7-8-21/h1-6,9-10,21H,7-8H2,(H,18,22). The topological polar surface area (TPSA) is 67.2 Å². The lowest BCUT2D eigenvalue weighted by atomic mass is 10.2. The van der Waals surface area contributed by atoms with Crippen LogP contribution in [0.4, 0.5) is 5.82 Å². The Kier molecular flexibility index (Phi) is 4.76. The van der Waals surface area contributed by atoms with Crippen molar-refractivity contribution >= 4 is 34.7 Å². The van der Waals surface area contributed by atoms with Crippen LogP contribution in [0.1, 0.15) is 10.4 Å². The number of rotatable bonds is 5. The highest BCUT2D eigenvalue weighted by molar-refractivity contribution is 7.13. The van der Waals surface area contributed by atoms with E-state index in [9.17, 15) is 9.90 Å². The third-order valence-corrected chi connectivity index (χ3v) is 4.45. The molecule has 2 aromatic heterocycles. The van der Waals surface area contributed by atoms with Crippen molar-refractivity contribution in [1.82, 2.24) is 9.78 Å². The Balaban J connectivity index is 1.89. The number of nitrogens with one attached hydrogen (secondary N) is 1. The van der Waals surface area contributed by atoms with Gasteiger partial charge in [-0.2, -0.15) is 5.10 Å². The van der Waals surface area contributed by atoms with Gasteiger partial charge in [-0.15, -0.1) is 11.3 Å². The molecule has 0 spiro atoms. The Morgan fingerprint density at radius 3 is 2.83 bits per heavy atom. The molecule has 23 heavy (non-hydrogen) atoms. The maximum absolute atomic E-state index is 12.4. The smallest absolute Gasteiger partial charge is 0.258 e. The highest BCUT2D eigenvalue weighted by atomic mass is 35.5. The van der Waals surface area contributed by atoms with Gasteiger partial charge in [0.25, 0.3) is 5.91 Å². The highest BCUT2D eigenvalue weighted by Gasteiger charge is 2.15. The number of carbonyl (C=O) groups excluding carboxylic acids is 1.